The number of hydrogen-bond acceptors (Lipinski definition) is 2. The van der Waals surface area contributed by atoms with Crippen LogP contribution in [0.1, 0.15) is 0 Å². The van der Waals surface area contributed by atoms with Gasteiger partial charge in [-0.2, -0.15) is 0 Å². The Kier molecular flexibility index (Phi) is 2.18. The molecule has 3 rings (SSSR count). The molecular weight excluding hydrogens is 210 g/mol. The minimum Gasteiger partial charge on any atom is -0.386 e. The zero-order valence-electron chi connectivity index (χ0n) is 9.96. The van der Waals surface area contributed by atoms with Gasteiger partial charge in [-0.05, 0) is 12.1 Å². The number of aromatic amines is 1. The largest absolute Gasteiger partial charge is 0.386 e. The molecule has 0 atom stereocenters. The molecule has 2 aromatic carbocycles. The fourth-order valence-corrected chi connectivity index (χ4v) is 2.36. The first-order valence-corrected chi connectivity index (χ1v) is 5.74. The Morgan fingerprint density at radius 3 is 1.65 bits per heavy atom. The maximum atomic E-state index is 3.49. The molecule has 0 aliphatic heterocycles. The third kappa shape index (κ3) is 1.35. The van der Waals surface area contributed by atoms with Crippen LogP contribution in [-0.2, 0) is 0 Å². The van der Waals surface area contributed by atoms with Crippen molar-refractivity contribution in [1.82, 2.24) is 4.98 Å². The van der Waals surface area contributed by atoms with Gasteiger partial charge < -0.3 is 15.6 Å². The van der Waals surface area contributed by atoms with Crippen molar-refractivity contribution >= 4 is 33.2 Å². The maximum Gasteiger partial charge on any atom is 0.0701 e. The number of anilines is 2. The Morgan fingerprint density at radius 2 is 1.24 bits per heavy atom. The number of H-pyrrole nitrogens is 1. The quantitative estimate of drug-likeness (QED) is 0.625. The topological polar surface area (TPSA) is 39.9 Å². The molecule has 3 heteroatoms. The zero-order valence-corrected chi connectivity index (χ0v) is 9.96. The Bertz CT molecular complexity index is 624. The molecular formula is C14H15N3. The predicted octanol–water partition coefficient (Wildman–Crippen LogP) is 3.40. The van der Waals surface area contributed by atoms with E-state index in [2.05, 4.69) is 52.0 Å². The summed E-state index contributed by atoms with van der Waals surface area (Å²) in [6, 6.07) is 12.6. The molecule has 0 aliphatic carbocycles. The minimum atomic E-state index is 1.13. The molecule has 0 saturated carbocycles. The third-order valence-corrected chi connectivity index (χ3v) is 3.21. The highest BCUT2D eigenvalue weighted by Crippen LogP contribution is 2.33. The van der Waals surface area contributed by atoms with Gasteiger partial charge >= 0.3 is 0 Å². The Balaban J connectivity index is 2.49. The molecule has 0 fully saturated rings. The van der Waals surface area contributed by atoms with Crippen molar-refractivity contribution in [3.05, 3.63) is 36.4 Å². The van der Waals surface area contributed by atoms with Crippen LogP contribution in [0.25, 0.3) is 21.8 Å². The number of nitrogens with one attached hydrogen (secondary N) is 3. The Morgan fingerprint density at radius 1 is 0.765 bits per heavy atom. The highest BCUT2D eigenvalue weighted by atomic mass is 14.9. The maximum absolute atomic E-state index is 3.49. The van der Waals surface area contributed by atoms with E-state index in [0.717, 1.165) is 22.4 Å². The Labute approximate surface area is 99.8 Å². The second kappa shape index (κ2) is 3.70. The van der Waals surface area contributed by atoms with E-state index in [4.69, 9.17) is 0 Å². The van der Waals surface area contributed by atoms with Crippen molar-refractivity contribution in [2.75, 3.05) is 24.7 Å². The lowest BCUT2D eigenvalue weighted by Crippen LogP contribution is -1.89. The summed E-state index contributed by atoms with van der Waals surface area (Å²) in [5.41, 5.74) is 4.57. The second-order valence-electron chi connectivity index (χ2n) is 4.08. The average Bonchev–Trinajstić information content (AvgIpc) is 2.77. The number of hydrogen-bond donors (Lipinski definition) is 3. The van der Waals surface area contributed by atoms with Crippen molar-refractivity contribution in [2.24, 2.45) is 0 Å². The van der Waals surface area contributed by atoms with Gasteiger partial charge in [0.15, 0.2) is 0 Å². The standard InChI is InChI=1S/C14H15N3/c1-15-11-7-3-5-9-10-6-4-8-12(16-2)14(10)17-13(9)11/h3-8,15-17H,1-2H3. The molecule has 0 spiro atoms. The molecule has 1 heterocycles. The highest BCUT2D eigenvalue weighted by molar-refractivity contribution is 6.14. The molecule has 0 saturated heterocycles. The van der Waals surface area contributed by atoms with Gasteiger partial charge in [-0.15, -0.1) is 0 Å². The van der Waals surface area contributed by atoms with Crippen LogP contribution in [0.4, 0.5) is 11.4 Å². The van der Waals surface area contributed by atoms with Crippen LogP contribution in [0.15, 0.2) is 36.4 Å². The summed E-state index contributed by atoms with van der Waals surface area (Å²) in [6.07, 6.45) is 0. The molecule has 17 heavy (non-hydrogen) atoms. The molecule has 3 nitrogen and oxygen atoms in total. The number of rotatable bonds is 2. The van der Waals surface area contributed by atoms with Gasteiger partial charge in [0.2, 0.25) is 0 Å². The summed E-state index contributed by atoms with van der Waals surface area (Å²) >= 11 is 0. The summed E-state index contributed by atoms with van der Waals surface area (Å²) < 4.78 is 0. The molecule has 0 unspecified atom stereocenters. The fourth-order valence-electron chi connectivity index (χ4n) is 2.36. The molecule has 3 aromatic rings. The molecule has 0 bridgehead atoms. The smallest absolute Gasteiger partial charge is 0.0701 e. The van der Waals surface area contributed by atoms with Gasteiger partial charge in [-0.25, -0.2) is 0 Å². The number of fused-ring (bicyclic) bond motifs is 3. The fraction of sp³-hybridized carbons (Fsp3) is 0.143. The zero-order chi connectivity index (χ0) is 11.8. The van der Waals surface area contributed by atoms with Crippen LogP contribution in [0.2, 0.25) is 0 Å². The van der Waals surface area contributed by atoms with Crippen molar-refractivity contribution < 1.29 is 0 Å². The van der Waals surface area contributed by atoms with Gasteiger partial charge in [0, 0.05) is 24.9 Å². The van der Waals surface area contributed by atoms with E-state index < -0.39 is 0 Å². The first-order chi connectivity index (χ1) is 8.35. The monoisotopic (exact) mass is 225 g/mol. The highest BCUT2D eigenvalue weighted by Gasteiger charge is 2.08. The Hall–Kier alpha value is -2.16. The lowest BCUT2D eigenvalue weighted by Gasteiger charge is -2.00. The van der Waals surface area contributed by atoms with Gasteiger partial charge in [-0.3, -0.25) is 0 Å². The first kappa shape index (κ1) is 10.0. The van der Waals surface area contributed by atoms with E-state index in [1.54, 1.807) is 0 Å². The van der Waals surface area contributed by atoms with E-state index in [1.807, 2.05) is 14.1 Å². The average molecular weight is 225 g/mol. The van der Waals surface area contributed by atoms with Crippen molar-refractivity contribution in [2.45, 2.75) is 0 Å². The van der Waals surface area contributed by atoms with Crippen LogP contribution in [0, 0.1) is 0 Å². The van der Waals surface area contributed by atoms with Crippen molar-refractivity contribution in [3.63, 3.8) is 0 Å². The van der Waals surface area contributed by atoms with E-state index in [9.17, 15) is 0 Å². The summed E-state index contributed by atoms with van der Waals surface area (Å²) in [7, 11) is 3.89. The number of aromatic nitrogens is 1. The normalized spacial score (nSPS) is 10.9. The minimum absolute atomic E-state index is 1.13. The lowest BCUT2D eigenvalue weighted by atomic mass is 10.1. The van der Waals surface area contributed by atoms with Crippen LogP contribution < -0.4 is 10.6 Å². The third-order valence-electron chi connectivity index (χ3n) is 3.21. The van der Waals surface area contributed by atoms with Crippen LogP contribution in [-0.4, -0.2) is 19.1 Å². The molecule has 0 amide bonds. The van der Waals surface area contributed by atoms with E-state index in [1.165, 1.54) is 10.8 Å². The van der Waals surface area contributed by atoms with Crippen LogP contribution in [0.3, 0.4) is 0 Å². The number of benzene rings is 2. The molecule has 86 valence electrons. The van der Waals surface area contributed by atoms with E-state index in [0.29, 0.717) is 0 Å². The lowest BCUT2D eigenvalue weighted by molar-refractivity contribution is 1.47. The van der Waals surface area contributed by atoms with Crippen LogP contribution >= 0.6 is 0 Å². The molecule has 3 N–H and O–H groups in total. The molecule has 1 aromatic heterocycles. The molecule has 0 aliphatic rings. The van der Waals surface area contributed by atoms with Gasteiger partial charge in [-0.1, -0.05) is 24.3 Å². The second-order valence-corrected chi connectivity index (χ2v) is 4.08. The number of para-hydroxylation sites is 2. The summed E-state index contributed by atoms with van der Waals surface area (Å²) in [4.78, 5) is 3.49. The molecule has 0 radical (unpaired) electrons. The summed E-state index contributed by atoms with van der Waals surface area (Å²) in [6.45, 7) is 0. The summed E-state index contributed by atoms with van der Waals surface area (Å²) in [5.74, 6) is 0. The SMILES string of the molecule is CNc1cccc2c1[nH]c1c(NC)cccc12. The van der Waals surface area contributed by atoms with Crippen molar-refractivity contribution in [3.8, 4) is 0 Å². The summed E-state index contributed by atoms with van der Waals surface area (Å²) in [5, 5.41) is 8.94. The van der Waals surface area contributed by atoms with Gasteiger partial charge in [0.05, 0.1) is 22.4 Å². The predicted molar refractivity (Wildman–Crippen MR) is 74.9 cm³/mol. The van der Waals surface area contributed by atoms with Gasteiger partial charge in [0.25, 0.3) is 0 Å². The van der Waals surface area contributed by atoms with Crippen LogP contribution in [0.5, 0.6) is 0 Å². The van der Waals surface area contributed by atoms with E-state index in [-0.39, 0.29) is 0 Å². The first-order valence-electron chi connectivity index (χ1n) is 5.74. The van der Waals surface area contributed by atoms with E-state index >= 15 is 0 Å². The van der Waals surface area contributed by atoms with Crippen molar-refractivity contribution in [1.29, 1.82) is 0 Å². The van der Waals surface area contributed by atoms with Gasteiger partial charge in [0.1, 0.15) is 0 Å².